The Balaban J connectivity index is 1.54. The van der Waals surface area contributed by atoms with Crippen LogP contribution < -0.4 is 5.32 Å². The maximum Gasteiger partial charge on any atom is 0.251 e. The van der Waals surface area contributed by atoms with Gasteiger partial charge in [-0.2, -0.15) is 0 Å². The highest BCUT2D eigenvalue weighted by Gasteiger charge is 2.19. The minimum absolute atomic E-state index is 0.175. The second-order valence-corrected chi connectivity index (χ2v) is 6.79. The van der Waals surface area contributed by atoms with Gasteiger partial charge >= 0.3 is 0 Å². The average Bonchev–Trinajstić information content (AvgIpc) is 2.96. The number of carbonyl (C=O) groups is 1. The Hall–Kier alpha value is -2.69. The molecular weight excluding hydrogens is 317 g/mol. The SMILES string of the molecule is CC1CCn2c(nc3cc(C(=O)NCc4cccc(F)c4)ccc32)C1. The van der Waals surface area contributed by atoms with Crippen LogP contribution in [0.25, 0.3) is 11.0 Å². The number of benzene rings is 2. The molecule has 128 valence electrons. The number of aromatic nitrogens is 2. The van der Waals surface area contributed by atoms with Crippen molar-refractivity contribution in [2.45, 2.75) is 32.9 Å². The number of fused-ring (bicyclic) bond motifs is 3. The molecule has 1 amide bonds. The van der Waals surface area contributed by atoms with E-state index >= 15 is 0 Å². The van der Waals surface area contributed by atoms with E-state index in [9.17, 15) is 9.18 Å². The number of nitrogens with zero attached hydrogens (tertiary/aromatic N) is 2. The molecule has 4 rings (SSSR count). The van der Waals surface area contributed by atoms with E-state index in [-0.39, 0.29) is 11.7 Å². The Morgan fingerprint density at radius 2 is 2.20 bits per heavy atom. The van der Waals surface area contributed by atoms with Gasteiger partial charge in [0.15, 0.2) is 0 Å². The second kappa shape index (κ2) is 6.31. The highest BCUT2D eigenvalue weighted by Crippen LogP contribution is 2.25. The zero-order valence-corrected chi connectivity index (χ0v) is 14.1. The smallest absolute Gasteiger partial charge is 0.251 e. The van der Waals surface area contributed by atoms with Crippen LogP contribution in [0.4, 0.5) is 4.39 Å². The minimum atomic E-state index is -0.300. The van der Waals surface area contributed by atoms with E-state index in [1.165, 1.54) is 12.1 Å². The fourth-order valence-electron chi connectivity index (χ4n) is 3.42. The summed E-state index contributed by atoms with van der Waals surface area (Å²) in [5.41, 5.74) is 3.26. The molecule has 1 aliphatic heterocycles. The summed E-state index contributed by atoms with van der Waals surface area (Å²) in [6, 6.07) is 11.9. The second-order valence-electron chi connectivity index (χ2n) is 6.79. The molecule has 1 atom stereocenters. The van der Waals surface area contributed by atoms with Crippen LogP contribution in [0, 0.1) is 11.7 Å². The summed E-state index contributed by atoms with van der Waals surface area (Å²) in [7, 11) is 0. The molecule has 3 aromatic rings. The van der Waals surface area contributed by atoms with Gasteiger partial charge in [-0.05, 0) is 48.2 Å². The minimum Gasteiger partial charge on any atom is -0.348 e. The molecule has 1 aromatic heterocycles. The van der Waals surface area contributed by atoms with E-state index in [2.05, 4.69) is 16.8 Å². The van der Waals surface area contributed by atoms with E-state index in [0.29, 0.717) is 18.0 Å². The normalized spacial score (nSPS) is 16.6. The lowest BCUT2D eigenvalue weighted by atomic mass is 10.0. The van der Waals surface area contributed by atoms with Gasteiger partial charge in [0.2, 0.25) is 0 Å². The molecule has 4 nitrogen and oxygen atoms in total. The van der Waals surface area contributed by atoms with Crippen molar-refractivity contribution in [2.24, 2.45) is 5.92 Å². The van der Waals surface area contributed by atoms with Crippen molar-refractivity contribution < 1.29 is 9.18 Å². The maximum absolute atomic E-state index is 13.2. The Kier molecular flexibility index (Phi) is 3.99. The molecule has 1 aliphatic rings. The molecule has 0 saturated carbocycles. The van der Waals surface area contributed by atoms with E-state index < -0.39 is 0 Å². The number of imidazole rings is 1. The van der Waals surface area contributed by atoms with E-state index in [0.717, 1.165) is 41.8 Å². The van der Waals surface area contributed by atoms with Gasteiger partial charge < -0.3 is 9.88 Å². The van der Waals surface area contributed by atoms with Crippen LogP contribution in [0.5, 0.6) is 0 Å². The van der Waals surface area contributed by atoms with Crippen LogP contribution in [0.1, 0.15) is 35.1 Å². The number of hydrogen-bond donors (Lipinski definition) is 1. The summed E-state index contributed by atoms with van der Waals surface area (Å²) in [6.07, 6.45) is 2.14. The number of amides is 1. The van der Waals surface area contributed by atoms with Crippen molar-refractivity contribution in [3.63, 3.8) is 0 Å². The van der Waals surface area contributed by atoms with E-state index in [1.54, 1.807) is 12.1 Å². The predicted molar refractivity (Wildman–Crippen MR) is 94.8 cm³/mol. The third-order valence-electron chi connectivity index (χ3n) is 4.81. The number of halogens is 1. The molecule has 0 radical (unpaired) electrons. The highest BCUT2D eigenvalue weighted by molar-refractivity contribution is 5.97. The van der Waals surface area contributed by atoms with Crippen molar-refractivity contribution in [2.75, 3.05) is 0 Å². The Morgan fingerprint density at radius 3 is 3.04 bits per heavy atom. The van der Waals surface area contributed by atoms with Gasteiger partial charge in [0.25, 0.3) is 5.91 Å². The fourth-order valence-corrected chi connectivity index (χ4v) is 3.42. The third-order valence-corrected chi connectivity index (χ3v) is 4.81. The largest absolute Gasteiger partial charge is 0.348 e. The topological polar surface area (TPSA) is 46.9 Å². The van der Waals surface area contributed by atoms with Gasteiger partial charge in [0, 0.05) is 25.1 Å². The molecule has 0 bridgehead atoms. The van der Waals surface area contributed by atoms with Gasteiger partial charge in [0.1, 0.15) is 11.6 Å². The van der Waals surface area contributed by atoms with Crippen molar-refractivity contribution in [3.05, 3.63) is 65.2 Å². The van der Waals surface area contributed by atoms with Crippen LogP contribution in [-0.4, -0.2) is 15.5 Å². The summed E-state index contributed by atoms with van der Waals surface area (Å²) in [5.74, 6) is 1.28. The lowest BCUT2D eigenvalue weighted by Gasteiger charge is -2.19. The molecule has 1 N–H and O–H groups in total. The van der Waals surface area contributed by atoms with Crippen LogP contribution in [0.15, 0.2) is 42.5 Å². The predicted octanol–water partition coefficient (Wildman–Crippen LogP) is 3.69. The zero-order chi connectivity index (χ0) is 17.4. The summed E-state index contributed by atoms with van der Waals surface area (Å²) < 4.78 is 15.5. The molecule has 5 heteroatoms. The molecule has 0 saturated heterocycles. The first-order valence-electron chi connectivity index (χ1n) is 8.62. The van der Waals surface area contributed by atoms with Crippen LogP contribution >= 0.6 is 0 Å². The standard InChI is InChI=1S/C20H20FN3O/c1-13-7-8-24-18-6-5-15(11-17(18)23-19(24)9-13)20(25)22-12-14-3-2-4-16(21)10-14/h2-6,10-11,13H,7-9,12H2,1H3,(H,22,25). The molecular formula is C20H20FN3O. The highest BCUT2D eigenvalue weighted by atomic mass is 19.1. The molecule has 1 unspecified atom stereocenters. The quantitative estimate of drug-likeness (QED) is 0.792. The average molecular weight is 337 g/mol. The molecule has 0 spiro atoms. The number of hydrogen-bond acceptors (Lipinski definition) is 2. The molecule has 0 aliphatic carbocycles. The Labute approximate surface area is 145 Å². The fraction of sp³-hybridized carbons (Fsp3) is 0.300. The van der Waals surface area contributed by atoms with Crippen LogP contribution in [-0.2, 0) is 19.5 Å². The number of carbonyl (C=O) groups excluding carboxylic acids is 1. The molecule has 2 heterocycles. The first kappa shape index (κ1) is 15.8. The van der Waals surface area contributed by atoms with Crippen molar-refractivity contribution in [1.29, 1.82) is 0 Å². The molecule has 0 fully saturated rings. The van der Waals surface area contributed by atoms with Gasteiger partial charge in [-0.25, -0.2) is 9.37 Å². The summed E-state index contributed by atoms with van der Waals surface area (Å²) in [4.78, 5) is 17.1. The summed E-state index contributed by atoms with van der Waals surface area (Å²) in [5, 5.41) is 2.84. The first-order chi connectivity index (χ1) is 12.1. The number of nitrogens with one attached hydrogen (secondary N) is 1. The summed E-state index contributed by atoms with van der Waals surface area (Å²) in [6.45, 7) is 3.53. The van der Waals surface area contributed by atoms with Crippen LogP contribution in [0.3, 0.4) is 0 Å². The first-order valence-corrected chi connectivity index (χ1v) is 8.62. The number of aryl methyl sites for hydroxylation is 1. The van der Waals surface area contributed by atoms with Gasteiger partial charge in [-0.1, -0.05) is 19.1 Å². The van der Waals surface area contributed by atoms with Crippen molar-refractivity contribution in [1.82, 2.24) is 14.9 Å². The molecule has 25 heavy (non-hydrogen) atoms. The monoisotopic (exact) mass is 337 g/mol. The van der Waals surface area contributed by atoms with Gasteiger partial charge in [0.05, 0.1) is 11.0 Å². The lowest BCUT2D eigenvalue weighted by molar-refractivity contribution is 0.0951. The summed E-state index contributed by atoms with van der Waals surface area (Å²) >= 11 is 0. The van der Waals surface area contributed by atoms with E-state index in [1.807, 2.05) is 18.2 Å². The van der Waals surface area contributed by atoms with Gasteiger partial charge in [-0.3, -0.25) is 4.79 Å². The zero-order valence-electron chi connectivity index (χ0n) is 14.1. The van der Waals surface area contributed by atoms with Crippen LogP contribution in [0.2, 0.25) is 0 Å². The Morgan fingerprint density at radius 1 is 1.32 bits per heavy atom. The molecule has 2 aromatic carbocycles. The lowest BCUT2D eigenvalue weighted by Crippen LogP contribution is -2.22. The van der Waals surface area contributed by atoms with E-state index in [4.69, 9.17) is 4.98 Å². The third kappa shape index (κ3) is 3.14. The van der Waals surface area contributed by atoms with Crippen molar-refractivity contribution >= 4 is 16.9 Å². The van der Waals surface area contributed by atoms with Crippen molar-refractivity contribution in [3.8, 4) is 0 Å². The Bertz CT molecular complexity index is 947. The maximum atomic E-state index is 13.2. The number of rotatable bonds is 3. The van der Waals surface area contributed by atoms with Gasteiger partial charge in [-0.15, -0.1) is 0 Å².